The number of benzene rings is 2. The van der Waals surface area contributed by atoms with E-state index in [2.05, 4.69) is 31.9 Å². The lowest BCUT2D eigenvalue weighted by atomic mass is 9.78. The molecule has 2 rings (SSSR count). The lowest BCUT2D eigenvalue weighted by Gasteiger charge is -2.32. The molecule has 0 aliphatic heterocycles. The van der Waals surface area contributed by atoms with Crippen molar-refractivity contribution in [3.8, 4) is 0 Å². The highest BCUT2D eigenvalue weighted by Crippen LogP contribution is 2.37. The standard InChI is InChI=1S/C17H16Br2ClF/c1-12-6-7-14(21)8-13(12)9-17(10-18,11-19)15-4-2-3-5-16(15)20/h2-8H,9-11H2,1H3. The molecule has 4 heteroatoms. The summed E-state index contributed by atoms with van der Waals surface area (Å²) in [6.07, 6.45) is 0.719. The van der Waals surface area contributed by atoms with E-state index in [9.17, 15) is 4.39 Å². The second-order valence-corrected chi connectivity index (χ2v) is 6.80. The monoisotopic (exact) mass is 432 g/mol. The molecular formula is C17H16Br2ClF. The predicted molar refractivity (Wildman–Crippen MR) is 95.6 cm³/mol. The van der Waals surface area contributed by atoms with Gasteiger partial charge in [0, 0.05) is 21.1 Å². The number of alkyl halides is 2. The van der Waals surface area contributed by atoms with E-state index >= 15 is 0 Å². The Kier molecular flexibility index (Phi) is 5.87. The Hall–Kier alpha value is -0.380. The molecule has 0 aromatic heterocycles. The molecule has 0 atom stereocenters. The number of halogens is 4. The average molecular weight is 435 g/mol. The summed E-state index contributed by atoms with van der Waals surface area (Å²) in [7, 11) is 0. The highest BCUT2D eigenvalue weighted by atomic mass is 79.9. The molecule has 0 N–H and O–H groups in total. The predicted octanol–water partition coefficient (Wildman–Crippen LogP) is 6.06. The maximum Gasteiger partial charge on any atom is 0.123 e. The van der Waals surface area contributed by atoms with E-state index in [1.807, 2.05) is 37.3 Å². The molecule has 0 bridgehead atoms. The fourth-order valence-electron chi connectivity index (χ4n) is 2.46. The van der Waals surface area contributed by atoms with Crippen molar-refractivity contribution < 1.29 is 4.39 Å². The fourth-order valence-corrected chi connectivity index (χ4v) is 4.72. The van der Waals surface area contributed by atoms with Crippen LogP contribution in [0.1, 0.15) is 16.7 Å². The van der Waals surface area contributed by atoms with Crippen LogP contribution < -0.4 is 0 Å². The van der Waals surface area contributed by atoms with Gasteiger partial charge in [0.1, 0.15) is 5.82 Å². The zero-order chi connectivity index (χ0) is 15.5. The van der Waals surface area contributed by atoms with Crippen LogP contribution in [-0.4, -0.2) is 10.7 Å². The molecule has 2 aromatic carbocycles. The lowest BCUT2D eigenvalue weighted by Crippen LogP contribution is -2.33. The first kappa shape index (κ1) is 17.0. The lowest BCUT2D eigenvalue weighted by molar-refractivity contribution is 0.545. The van der Waals surface area contributed by atoms with Crippen molar-refractivity contribution in [1.29, 1.82) is 0 Å². The molecule has 0 amide bonds. The normalized spacial score (nSPS) is 11.7. The van der Waals surface area contributed by atoms with Gasteiger partial charge >= 0.3 is 0 Å². The highest BCUT2D eigenvalue weighted by molar-refractivity contribution is 9.09. The number of hydrogen-bond donors (Lipinski definition) is 0. The van der Waals surface area contributed by atoms with Gasteiger partial charge in [-0.3, -0.25) is 0 Å². The van der Waals surface area contributed by atoms with E-state index in [0.29, 0.717) is 0 Å². The van der Waals surface area contributed by atoms with Crippen LogP contribution in [0.5, 0.6) is 0 Å². The first-order valence-corrected chi connectivity index (χ1v) is 9.26. The molecule has 0 heterocycles. The Bertz CT molecular complexity index is 624. The summed E-state index contributed by atoms with van der Waals surface area (Å²) in [6, 6.07) is 12.8. The van der Waals surface area contributed by atoms with Crippen molar-refractivity contribution >= 4 is 43.5 Å². The van der Waals surface area contributed by atoms with Crippen LogP contribution in [0.4, 0.5) is 4.39 Å². The molecule has 0 unspecified atom stereocenters. The van der Waals surface area contributed by atoms with Gasteiger partial charge < -0.3 is 0 Å². The third-order valence-electron chi connectivity index (χ3n) is 3.80. The van der Waals surface area contributed by atoms with Crippen molar-refractivity contribution in [1.82, 2.24) is 0 Å². The topological polar surface area (TPSA) is 0 Å². The Morgan fingerprint density at radius 2 is 1.76 bits per heavy atom. The average Bonchev–Trinajstić information content (AvgIpc) is 2.49. The van der Waals surface area contributed by atoms with Gasteiger partial charge in [0.05, 0.1) is 0 Å². The summed E-state index contributed by atoms with van der Waals surface area (Å²) < 4.78 is 13.6. The van der Waals surface area contributed by atoms with E-state index in [0.717, 1.165) is 38.8 Å². The molecule has 0 spiro atoms. The molecule has 0 saturated heterocycles. The van der Waals surface area contributed by atoms with Crippen LogP contribution in [-0.2, 0) is 11.8 Å². The Morgan fingerprint density at radius 1 is 1.10 bits per heavy atom. The molecule has 0 radical (unpaired) electrons. The van der Waals surface area contributed by atoms with Crippen molar-refractivity contribution in [2.24, 2.45) is 0 Å². The quantitative estimate of drug-likeness (QED) is 0.502. The minimum atomic E-state index is -0.211. The van der Waals surface area contributed by atoms with Crippen LogP contribution in [0.3, 0.4) is 0 Å². The van der Waals surface area contributed by atoms with Crippen molar-refractivity contribution in [2.45, 2.75) is 18.8 Å². The largest absolute Gasteiger partial charge is 0.207 e. The number of hydrogen-bond acceptors (Lipinski definition) is 0. The zero-order valence-electron chi connectivity index (χ0n) is 11.7. The minimum Gasteiger partial charge on any atom is -0.207 e. The smallest absolute Gasteiger partial charge is 0.123 e. The Morgan fingerprint density at radius 3 is 2.38 bits per heavy atom. The molecule has 0 aliphatic carbocycles. The van der Waals surface area contributed by atoms with Crippen molar-refractivity contribution in [2.75, 3.05) is 10.7 Å². The van der Waals surface area contributed by atoms with Crippen LogP contribution >= 0.6 is 43.5 Å². The van der Waals surface area contributed by atoms with Gasteiger partial charge in [-0.2, -0.15) is 0 Å². The summed E-state index contributed by atoms with van der Waals surface area (Å²) in [5.41, 5.74) is 2.96. The van der Waals surface area contributed by atoms with E-state index in [1.165, 1.54) is 6.07 Å². The second-order valence-electron chi connectivity index (χ2n) is 5.28. The summed E-state index contributed by atoms with van der Waals surface area (Å²) in [4.78, 5) is 0. The third kappa shape index (κ3) is 3.69. The first-order chi connectivity index (χ1) is 10.0. The summed E-state index contributed by atoms with van der Waals surface area (Å²) in [5.74, 6) is -0.201. The fraction of sp³-hybridized carbons (Fsp3) is 0.294. The zero-order valence-corrected chi connectivity index (χ0v) is 15.6. The Labute approximate surface area is 147 Å². The number of rotatable bonds is 5. The highest BCUT2D eigenvalue weighted by Gasteiger charge is 2.32. The van der Waals surface area contributed by atoms with E-state index in [-0.39, 0.29) is 11.2 Å². The van der Waals surface area contributed by atoms with E-state index in [1.54, 1.807) is 6.07 Å². The van der Waals surface area contributed by atoms with Crippen LogP contribution in [0.15, 0.2) is 42.5 Å². The molecule has 0 nitrogen and oxygen atoms in total. The van der Waals surface area contributed by atoms with Gasteiger partial charge in [-0.1, -0.05) is 67.7 Å². The summed E-state index contributed by atoms with van der Waals surface area (Å²) in [6.45, 7) is 2.01. The third-order valence-corrected chi connectivity index (χ3v) is 6.27. The SMILES string of the molecule is Cc1ccc(F)cc1CC(CBr)(CBr)c1ccccc1Cl. The van der Waals surface area contributed by atoms with Gasteiger partial charge in [0.15, 0.2) is 0 Å². The van der Waals surface area contributed by atoms with Crippen molar-refractivity contribution in [3.05, 3.63) is 70.0 Å². The maximum atomic E-state index is 13.6. The molecule has 0 aliphatic rings. The maximum absolute atomic E-state index is 13.6. The van der Waals surface area contributed by atoms with E-state index < -0.39 is 0 Å². The molecular weight excluding hydrogens is 418 g/mol. The molecule has 0 fully saturated rings. The van der Waals surface area contributed by atoms with Gasteiger partial charge in [-0.05, 0) is 48.2 Å². The first-order valence-electron chi connectivity index (χ1n) is 6.64. The molecule has 112 valence electrons. The van der Waals surface area contributed by atoms with Crippen LogP contribution in [0, 0.1) is 12.7 Å². The van der Waals surface area contributed by atoms with Gasteiger partial charge in [-0.15, -0.1) is 0 Å². The van der Waals surface area contributed by atoms with Gasteiger partial charge in [-0.25, -0.2) is 4.39 Å². The van der Waals surface area contributed by atoms with E-state index in [4.69, 9.17) is 11.6 Å². The molecule has 2 aromatic rings. The van der Waals surface area contributed by atoms with Crippen LogP contribution in [0.2, 0.25) is 5.02 Å². The van der Waals surface area contributed by atoms with Crippen LogP contribution in [0.25, 0.3) is 0 Å². The number of aryl methyl sites for hydroxylation is 1. The second kappa shape index (κ2) is 7.26. The minimum absolute atomic E-state index is 0.201. The molecule has 0 saturated carbocycles. The Balaban J connectivity index is 2.48. The summed E-state index contributed by atoms with van der Waals surface area (Å²) in [5, 5.41) is 2.22. The van der Waals surface area contributed by atoms with Crippen molar-refractivity contribution in [3.63, 3.8) is 0 Å². The van der Waals surface area contributed by atoms with Gasteiger partial charge in [0.2, 0.25) is 0 Å². The van der Waals surface area contributed by atoms with Gasteiger partial charge in [0.25, 0.3) is 0 Å². The summed E-state index contributed by atoms with van der Waals surface area (Å²) >= 11 is 13.6. The molecule has 21 heavy (non-hydrogen) atoms.